The Morgan fingerprint density at radius 1 is 1.04 bits per heavy atom. The van der Waals surface area contributed by atoms with E-state index < -0.39 is 18.1 Å². The van der Waals surface area contributed by atoms with Gasteiger partial charge in [-0.3, -0.25) is 28.9 Å². The number of hydrogen-bond donors (Lipinski definition) is 2. The molecule has 1 aromatic heterocycles. The van der Waals surface area contributed by atoms with Crippen molar-refractivity contribution in [3.05, 3.63) is 16.1 Å². The topological polar surface area (TPSA) is 147 Å². The van der Waals surface area contributed by atoms with Crippen LogP contribution in [0.15, 0.2) is 5.38 Å². The largest absolute Gasteiger partial charge is 0.469 e. The molecule has 0 spiro atoms. The van der Waals surface area contributed by atoms with Crippen molar-refractivity contribution in [2.24, 2.45) is 17.8 Å². The summed E-state index contributed by atoms with van der Waals surface area (Å²) in [6.45, 7) is 10.00. The van der Waals surface area contributed by atoms with Gasteiger partial charge in [0, 0.05) is 37.9 Å². The second-order valence-corrected chi connectivity index (χ2v) is 14.3. The van der Waals surface area contributed by atoms with Gasteiger partial charge in [0.2, 0.25) is 11.8 Å². The first-order valence-corrected chi connectivity index (χ1v) is 17.4. The van der Waals surface area contributed by atoms with E-state index in [4.69, 9.17) is 9.47 Å². The van der Waals surface area contributed by atoms with Gasteiger partial charge in [0.1, 0.15) is 16.7 Å². The Morgan fingerprint density at radius 2 is 1.72 bits per heavy atom. The molecule has 0 bridgehead atoms. The van der Waals surface area contributed by atoms with Crippen LogP contribution in [0.1, 0.15) is 108 Å². The van der Waals surface area contributed by atoms with Gasteiger partial charge >= 0.3 is 11.9 Å². The highest BCUT2D eigenvalue weighted by Gasteiger charge is 2.37. The molecule has 2 N–H and O–H groups in total. The maximum atomic E-state index is 13.9. The minimum Gasteiger partial charge on any atom is -0.469 e. The Morgan fingerprint density at radius 3 is 2.28 bits per heavy atom. The maximum Gasteiger partial charge on any atom is 0.308 e. The summed E-state index contributed by atoms with van der Waals surface area (Å²) in [5.41, 5.74) is 0.230. The summed E-state index contributed by atoms with van der Waals surface area (Å²) in [7, 11) is 5.05. The number of hydrogen-bond acceptors (Lipinski definition) is 10. The molecule has 0 radical (unpaired) electrons. The van der Waals surface area contributed by atoms with Crippen LogP contribution in [0.4, 0.5) is 0 Å². The van der Waals surface area contributed by atoms with Gasteiger partial charge in [0.15, 0.2) is 6.10 Å². The summed E-state index contributed by atoms with van der Waals surface area (Å²) < 4.78 is 10.6. The van der Waals surface area contributed by atoms with Gasteiger partial charge in [0.25, 0.3) is 5.91 Å². The number of likely N-dealkylation sites (tertiary alicyclic amines) is 1. The number of thiazole rings is 1. The van der Waals surface area contributed by atoms with Crippen molar-refractivity contribution in [3.8, 4) is 0 Å². The highest BCUT2D eigenvalue weighted by atomic mass is 32.1. The first-order chi connectivity index (χ1) is 21.7. The SMILES string of the molecule is COC(=O)C1CCC(NC(=O)c2csc([C@@H](C[C@H](C(C)C)N(C)C(=O)[C@@H](NC(=O)C3CCCCN3C)C(C)C)OC(C)=O)n2)CC1. The van der Waals surface area contributed by atoms with E-state index in [0.29, 0.717) is 30.7 Å². The second-order valence-electron chi connectivity index (χ2n) is 13.4. The molecule has 1 aliphatic carbocycles. The molecule has 1 aromatic rings. The van der Waals surface area contributed by atoms with Crippen LogP contribution in [0.3, 0.4) is 0 Å². The lowest BCUT2D eigenvalue weighted by molar-refractivity contribution is -0.149. The molecule has 1 saturated heterocycles. The van der Waals surface area contributed by atoms with E-state index in [0.717, 1.165) is 25.8 Å². The van der Waals surface area contributed by atoms with Gasteiger partial charge in [-0.15, -0.1) is 11.3 Å². The van der Waals surface area contributed by atoms with Crippen molar-refractivity contribution in [1.82, 2.24) is 25.4 Å². The molecule has 1 saturated carbocycles. The molecule has 46 heavy (non-hydrogen) atoms. The Labute approximate surface area is 277 Å². The van der Waals surface area contributed by atoms with E-state index in [-0.39, 0.29) is 71.7 Å². The molecule has 4 atom stereocenters. The quantitative estimate of drug-likeness (QED) is 0.302. The molecule has 13 heteroatoms. The number of ether oxygens (including phenoxy) is 2. The molecule has 2 heterocycles. The fourth-order valence-electron chi connectivity index (χ4n) is 6.49. The van der Waals surface area contributed by atoms with E-state index in [2.05, 4.69) is 15.6 Å². The normalized spacial score (nSPS) is 22.4. The van der Waals surface area contributed by atoms with Crippen LogP contribution in [-0.2, 0) is 28.7 Å². The molecule has 0 aromatic carbocycles. The third-order valence-corrected chi connectivity index (χ3v) is 10.2. The number of carbonyl (C=O) groups is 5. The van der Waals surface area contributed by atoms with E-state index in [1.165, 1.54) is 25.4 Å². The van der Waals surface area contributed by atoms with Gasteiger partial charge in [-0.05, 0) is 64.0 Å². The van der Waals surface area contributed by atoms with Gasteiger partial charge in [-0.1, -0.05) is 34.1 Å². The Bertz CT molecular complexity index is 1210. The molecule has 3 amide bonds. The van der Waals surface area contributed by atoms with Gasteiger partial charge in [0.05, 0.1) is 19.1 Å². The molecular formula is C33H53N5O7S. The van der Waals surface area contributed by atoms with Gasteiger partial charge < -0.3 is 25.0 Å². The number of carbonyl (C=O) groups excluding carboxylic acids is 5. The molecule has 2 fully saturated rings. The summed E-state index contributed by atoms with van der Waals surface area (Å²) in [6.07, 6.45) is 4.94. The van der Waals surface area contributed by atoms with E-state index in [9.17, 15) is 24.0 Å². The summed E-state index contributed by atoms with van der Waals surface area (Å²) >= 11 is 1.23. The predicted molar refractivity (Wildman–Crippen MR) is 175 cm³/mol. The van der Waals surface area contributed by atoms with E-state index >= 15 is 0 Å². The minimum absolute atomic E-state index is 0.0113. The molecule has 2 aliphatic rings. The van der Waals surface area contributed by atoms with Gasteiger partial charge in [-0.25, -0.2) is 4.98 Å². The minimum atomic E-state index is -0.773. The molecule has 258 valence electrons. The first-order valence-electron chi connectivity index (χ1n) is 16.5. The molecule has 1 unspecified atom stereocenters. The van der Waals surface area contributed by atoms with Gasteiger partial charge in [-0.2, -0.15) is 0 Å². The Balaban J connectivity index is 1.71. The number of esters is 2. The summed E-state index contributed by atoms with van der Waals surface area (Å²) in [5.74, 6) is -1.66. The Hall–Kier alpha value is -3.06. The lowest BCUT2D eigenvalue weighted by Gasteiger charge is -2.37. The number of nitrogens with one attached hydrogen (secondary N) is 2. The van der Waals surface area contributed by atoms with Crippen molar-refractivity contribution in [1.29, 1.82) is 0 Å². The summed E-state index contributed by atoms with van der Waals surface area (Å²) in [5, 5.41) is 8.16. The number of methoxy groups -OCH3 is 1. The lowest BCUT2D eigenvalue weighted by atomic mass is 9.86. The smallest absolute Gasteiger partial charge is 0.308 e. The highest BCUT2D eigenvalue weighted by molar-refractivity contribution is 7.09. The van der Waals surface area contributed by atoms with Crippen LogP contribution in [0.2, 0.25) is 0 Å². The van der Waals surface area contributed by atoms with Crippen LogP contribution < -0.4 is 10.6 Å². The predicted octanol–water partition coefficient (Wildman–Crippen LogP) is 3.71. The van der Waals surface area contributed by atoms with Crippen molar-refractivity contribution < 1.29 is 33.4 Å². The average molecular weight is 664 g/mol. The fourth-order valence-corrected chi connectivity index (χ4v) is 7.33. The Kier molecular flexibility index (Phi) is 14.0. The van der Waals surface area contributed by atoms with Crippen LogP contribution in [0, 0.1) is 17.8 Å². The van der Waals surface area contributed by atoms with Crippen molar-refractivity contribution >= 4 is 41.0 Å². The number of rotatable bonds is 13. The lowest BCUT2D eigenvalue weighted by Crippen LogP contribution is -2.57. The monoisotopic (exact) mass is 663 g/mol. The van der Waals surface area contributed by atoms with Crippen molar-refractivity contribution in [2.45, 2.75) is 116 Å². The van der Waals surface area contributed by atoms with E-state index in [1.807, 2.05) is 39.6 Å². The number of likely N-dealkylation sites (N-methyl/N-ethyl adjacent to an activating group) is 2. The van der Waals surface area contributed by atoms with Crippen LogP contribution in [-0.4, -0.2) is 96.4 Å². The third-order valence-electron chi connectivity index (χ3n) is 9.31. The zero-order valence-electron chi connectivity index (χ0n) is 28.7. The van der Waals surface area contributed by atoms with Crippen molar-refractivity contribution in [2.75, 3.05) is 27.7 Å². The molecule has 3 rings (SSSR count). The fraction of sp³-hybridized carbons (Fsp3) is 0.758. The first kappa shape index (κ1) is 37.4. The number of aromatic nitrogens is 1. The number of piperidine rings is 1. The van der Waals surface area contributed by atoms with Crippen LogP contribution >= 0.6 is 11.3 Å². The molecular weight excluding hydrogens is 610 g/mol. The zero-order valence-corrected chi connectivity index (χ0v) is 29.5. The molecule has 1 aliphatic heterocycles. The zero-order chi connectivity index (χ0) is 34.1. The standard InChI is InChI=1S/C33H53N5O7S/c1-19(2)26(38(7)32(42)28(20(3)4)36-30(41)25-11-9-10-16-37(25)6)17-27(45-21(5)39)31-35-24(18-46-31)29(40)34-23-14-12-22(13-15-23)33(43)44-8/h18-20,22-23,25-28H,9-17H2,1-8H3,(H,34,40)(H,36,41)/t22?,23?,25?,26-,27-,28+/m1/s1. The number of amides is 3. The summed E-state index contributed by atoms with van der Waals surface area (Å²) in [6, 6.07) is -1.38. The number of nitrogens with zero attached hydrogens (tertiary/aromatic N) is 3. The second kappa shape index (κ2) is 17.2. The van der Waals surface area contributed by atoms with Crippen LogP contribution in [0.25, 0.3) is 0 Å². The highest BCUT2D eigenvalue weighted by Crippen LogP contribution is 2.31. The molecule has 12 nitrogen and oxygen atoms in total. The van der Waals surface area contributed by atoms with Crippen molar-refractivity contribution in [3.63, 3.8) is 0 Å². The van der Waals surface area contributed by atoms with Crippen LogP contribution in [0.5, 0.6) is 0 Å². The van der Waals surface area contributed by atoms with E-state index in [1.54, 1.807) is 17.3 Å². The maximum absolute atomic E-state index is 13.9. The average Bonchev–Trinajstić information content (AvgIpc) is 3.51. The summed E-state index contributed by atoms with van der Waals surface area (Å²) in [4.78, 5) is 72.5. The third kappa shape index (κ3) is 9.97.